The van der Waals surface area contributed by atoms with Crippen molar-refractivity contribution in [2.75, 3.05) is 5.32 Å². The molecule has 2 atom stereocenters. The normalized spacial score (nSPS) is 22.0. The van der Waals surface area contributed by atoms with Gasteiger partial charge in [-0.3, -0.25) is 4.79 Å². The van der Waals surface area contributed by atoms with E-state index in [-0.39, 0.29) is 17.0 Å². The first-order valence-corrected chi connectivity index (χ1v) is 11.1. The van der Waals surface area contributed by atoms with E-state index in [1.807, 2.05) is 53.5 Å². The third-order valence-corrected chi connectivity index (χ3v) is 7.49. The zero-order valence-electron chi connectivity index (χ0n) is 19.1. The highest BCUT2D eigenvalue weighted by molar-refractivity contribution is 6.02. The minimum atomic E-state index is -0.509. The van der Waals surface area contributed by atoms with E-state index in [2.05, 4.69) is 36.3 Å². The van der Waals surface area contributed by atoms with Gasteiger partial charge in [0.25, 0.3) is 5.91 Å². The number of rotatable bonds is 5. The van der Waals surface area contributed by atoms with E-state index in [1.165, 1.54) is 6.20 Å². The number of aromatic nitrogens is 4. The summed E-state index contributed by atoms with van der Waals surface area (Å²) in [6.07, 6.45) is 8.97. The molecule has 1 aliphatic rings. The van der Waals surface area contributed by atoms with Crippen molar-refractivity contribution in [1.29, 1.82) is 0 Å². The molecule has 5 rings (SSSR count). The van der Waals surface area contributed by atoms with Gasteiger partial charge in [0.1, 0.15) is 0 Å². The Hall–Kier alpha value is -3.65. The number of anilines is 1. The molecule has 8 heteroatoms. The average molecular weight is 444 g/mol. The molecule has 1 aromatic carbocycles. The Morgan fingerprint density at radius 1 is 1.15 bits per heavy atom. The molecule has 1 saturated carbocycles. The second-order valence-corrected chi connectivity index (χ2v) is 9.73. The molecular formula is C25H29N7O. The largest absolute Gasteiger partial charge is 0.379 e. The highest BCUT2D eigenvalue weighted by atomic mass is 16.1. The van der Waals surface area contributed by atoms with Crippen LogP contribution in [-0.2, 0) is 0 Å². The summed E-state index contributed by atoms with van der Waals surface area (Å²) in [6.45, 7) is 6.43. The molecule has 1 fully saturated rings. The van der Waals surface area contributed by atoms with Crippen molar-refractivity contribution < 1.29 is 4.79 Å². The van der Waals surface area contributed by atoms with E-state index < -0.39 is 5.91 Å². The molecule has 0 spiro atoms. The van der Waals surface area contributed by atoms with Gasteiger partial charge in [-0.2, -0.15) is 10.2 Å². The molecule has 1 aliphatic carbocycles. The van der Waals surface area contributed by atoms with Crippen molar-refractivity contribution in [2.45, 2.75) is 45.2 Å². The summed E-state index contributed by atoms with van der Waals surface area (Å²) in [4.78, 5) is 12.3. The predicted octanol–water partition coefficient (Wildman–Crippen LogP) is 3.60. The fourth-order valence-corrected chi connectivity index (χ4v) is 4.73. The van der Waals surface area contributed by atoms with Gasteiger partial charge in [-0.1, -0.05) is 26.0 Å². The first kappa shape index (κ1) is 21.2. The third kappa shape index (κ3) is 3.47. The number of nitrogens with zero attached hydrogens (tertiary/aromatic N) is 4. The van der Waals surface area contributed by atoms with E-state index in [1.54, 1.807) is 10.7 Å². The Kier molecular flexibility index (Phi) is 4.79. The maximum atomic E-state index is 12.3. The average Bonchev–Trinajstić information content (AvgIpc) is 3.49. The quantitative estimate of drug-likeness (QED) is 0.436. The molecule has 1 amide bonds. The minimum Gasteiger partial charge on any atom is -0.379 e. The van der Waals surface area contributed by atoms with Crippen LogP contribution in [0.15, 0.2) is 61.2 Å². The Morgan fingerprint density at radius 3 is 2.52 bits per heavy atom. The lowest BCUT2D eigenvalue weighted by molar-refractivity contribution is 0.100. The smallest absolute Gasteiger partial charge is 0.252 e. The number of fused-ring (bicyclic) bond motifs is 1. The van der Waals surface area contributed by atoms with Crippen molar-refractivity contribution >= 4 is 17.1 Å². The summed E-state index contributed by atoms with van der Waals surface area (Å²) in [6, 6.07) is 12.2. The van der Waals surface area contributed by atoms with Gasteiger partial charge in [-0.15, -0.1) is 0 Å². The summed E-state index contributed by atoms with van der Waals surface area (Å²) in [5.74, 6) is -0.509. The summed E-state index contributed by atoms with van der Waals surface area (Å²) < 4.78 is 3.60. The van der Waals surface area contributed by atoms with Crippen LogP contribution in [-0.4, -0.2) is 36.9 Å². The molecule has 0 radical (unpaired) electrons. The van der Waals surface area contributed by atoms with Crippen LogP contribution in [0.5, 0.6) is 0 Å². The lowest BCUT2D eigenvalue weighted by Gasteiger charge is -2.39. The van der Waals surface area contributed by atoms with Crippen LogP contribution in [0.4, 0.5) is 5.69 Å². The van der Waals surface area contributed by atoms with Crippen molar-refractivity contribution in [3.05, 3.63) is 66.7 Å². The molecule has 0 bridgehead atoms. The number of hydrogen-bond acceptors (Lipinski definition) is 5. The van der Waals surface area contributed by atoms with E-state index in [4.69, 9.17) is 11.5 Å². The van der Waals surface area contributed by atoms with Crippen molar-refractivity contribution in [3.8, 4) is 16.8 Å². The molecule has 33 heavy (non-hydrogen) atoms. The van der Waals surface area contributed by atoms with Crippen molar-refractivity contribution in [1.82, 2.24) is 19.4 Å². The minimum absolute atomic E-state index is 0.100. The topological polar surface area (TPSA) is 116 Å². The van der Waals surface area contributed by atoms with Crippen LogP contribution in [0.1, 0.15) is 44.0 Å². The Morgan fingerprint density at radius 2 is 1.91 bits per heavy atom. The summed E-state index contributed by atoms with van der Waals surface area (Å²) in [5, 5.41) is 12.3. The highest BCUT2D eigenvalue weighted by Crippen LogP contribution is 2.46. The zero-order chi connectivity index (χ0) is 23.4. The maximum absolute atomic E-state index is 12.3. The molecule has 0 aliphatic heterocycles. The third-order valence-electron chi connectivity index (χ3n) is 7.49. The van der Waals surface area contributed by atoms with Gasteiger partial charge >= 0.3 is 0 Å². The fourth-order valence-electron chi connectivity index (χ4n) is 4.73. The van der Waals surface area contributed by atoms with Crippen LogP contribution in [0.2, 0.25) is 0 Å². The number of benzene rings is 1. The van der Waals surface area contributed by atoms with Crippen LogP contribution in [0.3, 0.4) is 0 Å². The lowest BCUT2D eigenvalue weighted by Crippen LogP contribution is -2.51. The molecule has 3 heterocycles. The second kappa shape index (κ2) is 7.45. The van der Waals surface area contributed by atoms with Crippen LogP contribution in [0, 0.1) is 5.41 Å². The number of amides is 1. The number of carbonyl (C=O) groups excluding carboxylic acids is 1. The van der Waals surface area contributed by atoms with E-state index in [0.29, 0.717) is 11.3 Å². The number of hydrogen-bond donors (Lipinski definition) is 3. The number of nitrogens with one attached hydrogen (secondary N) is 1. The van der Waals surface area contributed by atoms with Crippen LogP contribution in [0.25, 0.3) is 22.3 Å². The Labute approximate surface area is 192 Å². The van der Waals surface area contributed by atoms with Gasteiger partial charge in [0.05, 0.1) is 28.7 Å². The molecule has 5 N–H and O–H groups in total. The zero-order valence-corrected chi connectivity index (χ0v) is 19.1. The first-order valence-electron chi connectivity index (χ1n) is 11.1. The van der Waals surface area contributed by atoms with Gasteiger partial charge < -0.3 is 16.8 Å². The fraction of sp³-hybridized carbons (Fsp3) is 0.320. The molecule has 8 nitrogen and oxygen atoms in total. The molecule has 170 valence electrons. The van der Waals surface area contributed by atoms with Gasteiger partial charge in [-0.25, -0.2) is 9.20 Å². The maximum Gasteiger partial charge on any atom is 0.252 e. The lowest BCUT2D eigenvalue weighted by atomic mass is 9.75. The van der Waals surface area contributed by atoms with Gasteiger partial charge in [0.2, 0.25) is 0 Å². The van der Waals surface area contributed by atoms with Crippen LogP contribution >= 0.6 is 0 Å². The van der Waals surface area contributed by atoms with E-state index in [0.717, 1.165) is 35.2 Å². The Balaban J connectivity index is 1.55. The SMILES string of the molecule is CC1(C)[C@H](Nc2c(C(N)=O)cnn3cc(-c4ccc(-n5cccn5)cc4)cc23)CC[C@]1(C)N. The number of primary amides is 1. The number of nitrogens with two attached hydrogens (primary N) is 2. The van der Waals surface area contributed by atoms with Crippen molar-refractivity contribution in [2.24, 2.45) is 16.9 Å². The second-order valence-electron chi connectivity index (χ2n) is 9.73. The van der Waals surface area contributed by atoms with Gasteiger partial charge in [-0.05, 0) is 49.6 Å². The molecule has 4 aromatic rings. The van der Waals surface area contributed by atoms with Crippen LogP contribution < -0.4 is 16.8 Å². The van der Waals surface area contributed by atoms with Crippen molar-refractivity contribution in [3.63, 3.8) is 0 Å². The molecular weight excluding hydrogens is 414 g/mol. The molecule has 3 aromatic heterocycles. The van der Waals surface area contributed by atoms with E-state index >= 15 is 0 Å². The molecule has 0 saturated heterocycles. The van der Waals surface area contributed by atoms with Gasteiger partial charge in [0, 0.05) is 41.1 Å². The Bertz CT molecular complexity index is 1320. The first-order chi connectivity index (χ1) is 15.7. The standard InChI is InChI=1S/C25H29N7O/c1-24(2)21(9-10-25(24,3)27)30-22-19(23(26)33)14-29-32-15-17(13-20(22)32)16-5-7-18(8-6-16)31-12-4-11-28-31/h4-8,11-15,21,30H,9-10,27H2,1-3H3,(H2,26,33)/t21-,25+/m1/s1. The summed E-state index contributed by atoms with van der Waals surface area (Å²) in [5.41, 5.74) is 16.7. The predicted molar refractivity (Wildman–Crippen MR) is 129 cm³/mol. The summed E-state index contributed by atoms with van der Waals surface area (Å²) >= 11 is 0. The highest BCUT2D eigenvalue weighted by Gasteiger charge is 2.49. The number of carbonyl (C=O) groups is 1. The monoisotopic (exact) mass is 443 g/mol. The van der Waals surface area contributed by atoms with Gasteiger partial charge in [0.15, 0.2) is 0 Å². The van der Waals surface area contributed by atoms with E-state index in [9.17, 15) is 4.79 Å². The molecule has 0 unspecified atom stereocenters. The summed E-state index contributed by atoms with van der Waals surface area (Å²) in [7, 11) is 0.